The van der Waals surface area contributed by atoms with Crippen LogP contribution in [0.1, 0.15) is 37.3 Å². The maximum atomic E-state index is 10.3. The molecule has 2 aromatic rings. The van der Waals surface area contributed by atoms with Crippen LogP contribution in [-0.4, -0.2) is 14.9 Å². The Hall–Kier alpha value is -0.970. The van der Waals surface area contributed by atoms with E-state index >= 15 is 0 Å². The number of aliphatic hydroxyl groups is 1. The molecular formula is C11H12Cl2N2O2. The van der Waals surface area contributed by atoms with Crippen molar-refractivity contribution in [2.75, 3.05) is 0 Å². The van der Waals surface area contributed by atoms with Crippen molar-refractivity contribution < 1.29 is 9.52 Å². The highest BCUT2D eigenvalue weighted by Gasteiger charge is 2.24. The van der Waals surface area contributed by atoms with Gasteiger partial charge in [0.25, 0.3) is 0 Å². The summed E-state index contributed by atoms with van der Waals surface area (Å²) in [5, 5.41) is 15.0. The smallest absolute Gasteiger partial charge is 0.199 e. The summed E-state index contributed by atoms with van der Waals surface area (Å²) in [6.45, 7) is 3.91. The molecule has 92 valence electrons. The Morgan fingerprint density at radius 3 is 2.65 bits per heavy atom. The third-order valence-electron chi connectivity index (χ3n) is 2.48. The number of aliphatic hydroxyl groups excluding tert-OH is 1. The van der Waals surface area contributed by atoms with Gasteiger partial charge in [0.1, 0.15) is 6.10 Å². The molecule has 2 aromatic heterocycles. The van der Waals surface area contributed by atoms with Crippen LogP contribution in [0.25, 0.3) is 0 Å². The summed E-state index contributed by atoms with van der Waals surface area (Å²) in [4.78, 5) is 0. The monoisotopic (exact) mass is 274 g/mol. The first-order valence-electron chi connectivity index (χ1n) is 5.16. The first-order valence-corrected chi connectivity index (χ1v) is 5.91. The first kappa shape index (κ1) is 12.5. The van der Waals surface area contributed by atoms with E-state index in [9.17, 15) is 5.11 Å². The lowest BCUT2D eigenvalue weighted by molar-refractivity contribution is 0.204. The van der Waals surface area contributed by atoms with E-state index in [2.05, 4.69) is 5.10 Å². The van der Waals surface area contributed by atoms with Crippen LogP contribution in [0.4, 0.5) is 0 Å². The predicted molar refractivity (Wildman–Crippen MR) is 65.4 cm³/mol. The van der Waals surface area contributed by atoms with Gasteiger partial charge < -0.3 is 9.52 Å². The molecule has 0 amide bonds. The fourth-order valence-corrected chi connectivity index (χ4v) is 2.12. The molecule has 0 saturated heterocycles. The topological polar surface area (TPSA) is 51.2 Å². The minimum atomic E-state index is -0.946. The van der Waals surface area contributed by atoms with Crippen molar-refractivity contribution in [2.24, 2.45) is 0 Å². The van der Waals surface area contributed by atoms with E-state index in [1.807, 2.05) is 13.8 Å². The van der Waals surface area contributed by atoms with E-state index in [1.54, 1.807) is 10.7 Å². The maximum Gasteiger partial charge on any atom is 0.199 e. The fraction of sp³-hybridized carbons (Fsp3) is 0.364. The number of hydrogen-bond donors (Lipinski definition) is 1. The summed E-state index contributed by atoms with van der Waals surface area (Å²) in [7, 11) is 0. The zero-order valence-electron chi connectivity index (χ0n) is 9.39. The molecule has 6 heteroatoms. The lowest BCUT2D eigenvalue weighted by atomic mass is 10.1. The van der Waals surface area contributed by atoms with Crippen LogP contribution in [0.3, 0.4) is 0 Å². The third kappa shape index (κ3) is 2.20. The Labute approximate surface area is 109 Å². The van der Waals surface area contributed by atoms with Crippen LogP contribution in [0.2, 0.25) is 10.2 Å². The van der Waals surface area contributed by atoms with Crippen molar-refractivity contribution in [3.05, 3.63) is 40.0 Å². The highest BCUT2D eigenvalue weighted by atomic mass is 35.5. The molecule has 17 heavy (non-hydrogen) atoms. The highest BCUT2D eigenvalue weighted by Crippen LogP contribution is 2.33. The molecule has 2 heterocycles. The molecule has 1 atom stereocenters. The van der Waals surface area contributed by atoms with Gasteiger partial charge in [-0.25, -0.2) is 0 Å². The Bertz CT molecular complexity index is 519. The number of rotatable bonds is 3. The van der Waals surface area contributed by atoms with Crippen molar-refractivity contribution >= 4 is 23.2 Å². The third-order valence-corrected chi connectivity index (χ3v) is 3.07. The second-order valence-electron chi connectivity index (χ2n) is 3.97. The summed E-state index contributed by atoms with van der Waals surface area (Å²) in [6.07, 6.45) is 1.98. The van der Waals surface area contributed by atoms with Gasteiger partial charge in [0, 0.05) is 11.6 Å². The average molecular weight is 275 g/mol. The molecule has 1 N–H and O–H groups in total. The van der Waals surface area contributed by atoms with E-state index in [0.29, 0.717) is 16.3 Å². The summed E-state index contributed by atoms with van der Waals surface area (Å²) < 4.78 is 6.62. The van der Waals surface area contributed by atoms with Gasteiger partial charge in [-0.1, -0.05) is 11.6 Å². The molecule has 0 aliphatic heterocycles. The molecule has 1 unspecified atom stereocenters. The highest BCUT2D eigenvalue weighted by molar-refractivity contribution is 6.31. The minimum absolute atomic E-state index is 0.0952. The molecule has 0 saturated carbocycles. The number of hydrogen-bond acceptors (Lipinski definition) is 3. The van der Waals surface area contributed by atoms with Gasteiger partial charge in [-0.05, 0) is 31.5 Å². The number of halogens is 2. The van der Waals surface area contributed by atoms with Gasteiger partial charge in [0.05, 0.1) is 23.2 Å². The number of nitrogens with zero attached hydrogens (tertiary/aromatic N) is 2. The van der Waals surface area contributed by atoms with Gasteiger partial charge in [0.15, 0.2) is 5.22 Å². The Morgan fingerprint density at radius 2 is 2.12 bits per heavy atom. The molecule has 0 bridgehead atoms. The van der Waals surface area contributed by atoms with E-state index in [4.69, 9.17) is 27.6 Å². The number of furan rings is 1. The molecule has 0 aliphatic rings. The van der Waals surface area contributed by atoms with Crippen LogP contribution in [0.15, 0.2) is 22.9 Å². The summed E-state index contributed by atoms with van der Waals surface area (Å²) in [5.41, 5.74) is 1.00. The molecule has 0 aromatic carbocycles. The van der Waals surface area contributed by atoms with Crippen molar-refractivity contribution in [1.29, 1.82) is 0 Å². The average Bonchev–Trinajstić information content (AvgIpc) is 2.83. The SMILES string of the molecule is CC(C)n1ncc(Cl)c1C(O)c1ccoc1Cl. The standard InChI is InChI=1S/C11H12Cl2N2O2/c1-6(2)15-9(8(12)5-14-15)10(16)7-3-4-17-11(7)13/h3-6,10,16H,1-2H3. The summed E-state index contributed by atoms with van der Waals surface area (Å²) >= 11 is 11.9. The normalized spacial score (nSPS) is 13.3. The Kier molecular flexibility index (Phi) is 3.47. The molecule has 0 radical (unpaired) electrons. The second kappa shape index (κ2) is 4.72. The van der Waals surface area contributed by atoms with Gasteiger partial charge in [-0.2, -0.15) is 5.10 Å². The van der Waals surface area contributed by atoms with Crippen LogP contribution >= 0.6 is 23.2 Å². The molecular weight excluding hydrogens is 263 g/mol. The lowest BCUT2D eigenvalue weighted by Crippen LogP contribution is -2.12. The summed E-state index contributed by atoms with van der Waals surface area (Å²) in [5.74, 6) is 0. The fourth-order valence-electron chi connectivity index (χ4n) is 1.66. The van der Waals surface area contributed by atoms with Crippen molar-refractivity contribution in [1.82, 2.24) is 9.78 Å². The predicted octanol–water partition coefficient (Wildman–Crippen LogP) is 3.45. The van der Waals surface area contributed by atoms with Gasteiger partial charge in [0.2, 0.25) is 0 Å². The van der Waals surface area contributed by atoms with Gasteiger partial charge >= 0.3 is 0 Å². The molecule has 0 fully saturated rings. The first-order chi connectivity index (χ1) is 8.02. The van der Waals surface area contributed by atoms with E-state index < -0.39 is 6.10 Å². The van der Waals surface area contributed by atoms with E-state index in [1.165, 1.54) is 12.5 Å². The quantitative estimate of drug-likeness (QED) is 0.933. The molecule has 0 spiro atoms. The van der Waals surface area contributed by atoms with Crippen LogP contribution in [0.5, 0.6) is 0 Å². The van der Waals surface area contributed by atoms with Crippen molar-refractivity contribution in [3.63, 3.8) is 0 Å². The van der Waals surface area contributed by atoms with Crippen molar-refractivity contribution in [2.45, 2.75) is 26.0 Å². The van der Waals surface area contributed by atoms with Crippen LogP contribution < -0.4 is 0 Å². The lowest BCUT2D eigenvalue weighted by Gasteiger charge is -2.15. The van der Waals surface area contributed by atoms with Crippen LogP contribution in [0, 0.1) is 0 Å². The van der Waals surface area contributed by atoms with Crippen LogP contribution in [-0.2, 0) is 0 Å². The Morgan fingerprint density at radius 1 is 1.41 bits per heavy atom. The second-order valence-corrected chi connectivity index (χ2v) is 4.72. The minimum Gasteiger partial charge on any atom is -0.453 e. The zero-order valence-corrected chi connectivity index (χ0v) is 10.9. The molecule has 0 aliphatic carbocycles. The molecule has 2 rings (SSSR count). The largest absolute Gasteiger partial charge is 0.453 e. The van der Waals surface area contributed by atoms with Crippen molar-refractivity contribution in [3.8, 4) is 0 Å². The maximum absolute atomic E-state index is 10.3. The van der Waals surface area contributed by atoms with E-state index in [0.717, 1.165) is 0 Å². The van der Waals surface area contributed by atoms with Gasteiger partial charge in [-0.3, -0.25) is 4.68 Å². The number of aromatic nitrogens is 2. The molecule has 4 nitrogen and oxygen atoms in total. The zero-order chi connectivity index (χ0) is 12.6. The Balaban J connectivity index is 2.47. The van der Waals surface area contributed by atoms with Gasteiger partial charge in [-0.15, -0.1) is 0 Å². The summed E-state index contributed by atoms with van der Waals surface area (Å²) in [6, 6.07) is 1.71. The van der Waals surface area contributed by atoms with E-state index in [-0.39, 0.29) is 11.3 Å².